The zero-order valence-electron chi connectivity index (χ0n) is 16.0. The van der Waals surface area contributed by atoms with E-state index in [9.17, 15) is 0 Å². The summed E-state index contributed by atoms with van der Waals surface area (Å²) in [7, 11) is 1.95. The van der Waals surface area contributed by atoms with Crippen molar-refractivity contribution in [1.29, 1.82) is 0 Å². The minimum Gasteiger partial charge on any atom is -0.375 e. The molecule has 0 aliphatic carbocycles. The van der Waals surface area contributed by atoms with E-state index in [1.807, 2.05) is 36.7 Å². The van der Waals surface area contributed by atoms with Gasteiger partial charge in [0.25, 0.3) is 0 Å². The van der Waals surface area contributed by atoms with Crippen LogP contribution in [0.3, 0.4) is 0 Å². The summed E-state index contributed by atoms with van der Waals surface area (Å²) in [5, 5.41) is 14.9. The Morgan fingerprint density at radius 1 is 1.15 bits per heavy atom. The van der Waals surface area contributed by atoms with Gasteiger partial charge in [-0.25, -0.2) is 4.99 Å². The van der Waals surface area contributed by atoms with Crippen LogP contribution in [0.25, 0.3) is 0 Å². The van der Waals surface area contributed by atoms with Crippen molar-refractivity contribution in [3.8, 4) is 0 Å². The molecule has 0 aliphatic rings. The second-order valence-electron chi connectivity index (χ2n) is 6.13. The molecule has 142 valence electrons. The fourth-order valence-electron chi connectivity index (χ4n) is 2.30. The molecule has 0 amide bonds. The number of hydrogen-bond donors (Lipinski definition) is 2. The van der Waals surface area contributed by atoms with Crippen molar-refractivity contribution in [1.82, 2.24) is 25.4 Å². The quantitative estimate of drug-likeness (QED) is 0.387. The van der Waals surface area contributed by atoms with Crippen LogP contribution in [0, 0.1) is 6.92 Å². The molecule has 7 nitrogen and oxygen atoms in total. The summed E-state index contributed by atoms with van der Waals surface area (Å²) in [5.74, 6) is 2.51. The van der Waals surface area contributed by atoms with E-state index >= 15 is 0 Å². The lowest BCUT2D eigenvalue weighted by molar-refractivity contribution is 0.125. The number of aromatic nitrogens is 3. The van der Waals surface area contributed by atoms with Crippen LogP contribution in [0.5, 0.6) is 0 Å². The summed E-state index contributed by atoms with van der Waals surface area (Å²) < 4.78 is 7.66. The molecule has 2 aromatic rings. The fourth-order valence-corrected chi connectivity index (χ4v) is 2.30. The lowest BCUT2D eigenvalue weighted by atomic mass is 10.2. The Morgan fingerprint density at radius 3 is 2.62 bits per heavy atom. The van der Waals surface area contributed by atoms with Gasteiger partial charge in [-0.05, 0) is 18.9 Å². The number of guanidine groups is 1. The van der Waals surface area contributed by atoms with Gasteiger partial charge in [0.2, 0.25) is 0 Å². The van der Waals surface area contributed by atoms with E-state index in [4.69, 9.17) is 4.74 Å². The van der Waals surface area contributed by atoms with Crippen LogP contribution in [-0.2, 0) is 24.9 Å². The normalized spacial score (nSPS) is 11.6. The third-order valence-electron chi connectivity index (χ3n) is 4.03. The van der Waals surface area contributed by atoms with Gasteiger partial charge in [0.1, 0.15) is 12.4 Å². The molecule has 0 spiro atoms. The van der Waals surface area contributed by atoms with Crippen LogP contribution < -0.4 is 10.6 Å². The number of hydrogen-bond acceptors (Lipinski definition) is 4. The molecule has 26 heavy (non-hydrogen) atoms. The number of nitrogens with one attached hydrogen (secondary N) is 2. The molecular weight excluding hydrogens is 328 g/mol. The van der Waals surface area contributed by atoms with Crippen molar-refractivity contribution in [2.75, 3.05) is 19.7 Å². The first kappa shape index (κ1) is 19.9. The van der Waals surface area contributed by atoms with E-state index in [0.29, 0.717) is 26.3 Å². The van der Waals surface area contributed by atoms with Crippen LogP contribution in [0.1, 0.15) is 37.0 Å². The van der Waals surface area contributed by atoms with Crippen molar-refractivity contribution in [3.05, 3.63) is 47.5 Å². The molecular formula is C19H30N6O. The van der Waals surface area contributed by atoms with Gasteiger partial charge in [0, 0.05) is 20.1 Å². The molecule has 0 saturated heterocycles. The maximum Gasteiger partial charge on any atom is 0.191 e. The molecule has 0 bridgehead atoms. The standard InChI is InChI=1S/C19H30N6O/c1-4-5-11-20-19(22-14-18-24-23-16(2)25(18)3)21-12-13-26-15-17-9-7-6-8-10-17/h6-10H,4-5,11-15H2,1-3H3,(H2,20,21,22). The number of aliphatic imine (C=N–C) groups is 1. The van der Waals surface area contributed by atoms with Crippen molar-refractivity contribution in [2.24, 2.45) is 12.0 Å². The third-order valence-corrected chi connectivity index (χ3v) is 4.03. The largest absolute Gasteiger partial charge is 0.375 e. The topological polar surface area (TPSA) is 76.4 Å². The van der Waals surface area contributed by atoms with Gasteiger partial charge in [0.15, 0.2) is 11.8 Å². The highest BCUT2D eigenvalue weighted by Gasteiger charge is 2.05. The van der Waals surface area contributed by atoms with Crippen molar-refractivity contribution in [2.45, 2.75) is 39.8 Å². The highest BCUT2D eigenvalue weighted by molar-refractivity contribution is 5.79. The second kappa shape index (κ2) is 11.3. The Balaban J connectivity index is 1.78. The van der Waals surface area contributed by atoms with E-state index in [-0.39, 0.29) is 0 Å². The molecule has 2 N–H and O–H groups in total. The van der Waals surface area contributed by atoms with Crippen LogP contribution in [0.15, 0.2) is 35.3 Å². The minimum absolute atomic E-state index is 0.490. The lowest BCUT2D eigenvalue weighted by Crippen LogP contribution is -2.39. The van der Waals surface area contributed by atoms with Crippen molar-refractivity contribution in [3.63, 3.8) is 0 Å². The van der Waals surface area contributed by atoms with Crippen molar-refractivity contribution >= 4 is 5.96 Å². The Morgan fingerprint density at radius 2 is 1.92 bits per heavy atom. The number of benzene rings is 1. The first-order valence-corrected chi connectivity index (χ1v) is 9.19. The monoisotopic (exact) mass is 358 g/mol. The predicted octanol–water partition coefficient (Wildman–Crippen LogP) is 2.18. The zero-order valence-corrected chi connectivity index (χ0v) is 16.0. The Hall–Kier alpha value is -2.41. The van der Waals surface area contributed by atoms with Crippen LogP contribution in [0.2, 0.25) is 0 Å². The average molecular weight is 358 g/mol. The molecule has 0 fully saturated rings. The summed E-state index contributed by atoms with van der Waals surface area (Å²) in [6, 6.07) is 10.2. The summed E-state index contributed by atoms with van der Waals surface area (Å²) in [6.45, 7) is 7.43. The number of ether oxygens (including phenoxy) is 1. The number of unbranched alkanes of at least 4 members (excludes halogenated alkanes) is 1. The summed E-state index contributed by atoms with van der Waals surface area (Å²) >= 11 is 0. The molecule has 7 heteroatoms. The van der Waals surface area contributed by atoms with E-state index in [1.165, 1.54) is 5.56 Å². The van der Waals surface area contributed by atoms with Gasteiger partial charge >= 0.3 is 0 Å². The predicted molar refractivity (Wildman–Crippen MR) is 104 cm³/mol. The van der Waals surface area contributed by atoms with E-state index < -0.39 is 0 Å². The summed E-state index contributed by atoms with van der Waals surface area (Å²) in [6.07, 6.45) is 2.25. The maximum absolute atomic E-state index is 5.71. The minimum atomic E-state index is 0.490. The average Bonchev–Trinajstić information content (AvgIpc) is 2.98. The Kier molecular flexibility index (Phi) is 8.62. The van der Waals surface area contributed by atoms with Gasteiger partial charge in [-0.3, -0.25) is 0 Å². The first-order valence-electron chi connectivity index (χ1n) is 9.19. The van der Waals surface area contributed by atoms with E-state index in [0.717, 1.165) is 37.0 Å². The number of aryl methyl sites for hydroxylation is 1. The molecule has 0 aliphatic heterocycles. The van der Waals surface area contributed by atoms with Gasteiger partial charge in [-0.2, -0.15) is 0 Å². The highest BCUT2D eigenvalue weighted by atomic mass is 16.5. The zero-order chi connectivity index (χ0) is 18.6. The van der Waals surface area contributed by atoms with Crippen molar-refractivity contribution < 1.29 is 4.74 Å². The van der Waals surface area contributed by atoms with Gasteiger partial charge in [-0.1, -0.05) is 43.7 Å². The smallest absolute Gasteiger partial charge is 0.191 e. The van der Waals surface area contributed by atoms with Gasteiger partial charge in [0.05, 0.1) is 13.2 Å². The summed E-state index contributed by atoms with van der Waals surface area (Å²) in [5.41, 5.74) is 1.18. The van der Waals surface area contributed by atoms with Gasteiger partial charge in [-0.15, -0.1) is 10.2 Å². The molecule has 1 heterocycles. The Labute approximate surface area is 155 Å². The molecule has 0 unspecified atom stereocenters. The summed E-state index contributed by atoms with van der Waals surface area (Å²) in [4.78, 5) is 4.61. The van der Waals surface area contributed by atoms with Gasteiger partial charge < -0.3 is 19.9 Å². The molecule has 2 rings (SSSR count). The fraction of sp³-hybridized carbons (Fsp3) is 0.526. The third kappa shape index (κ3) is 6.84. The lowest BCUT2D eigenvalue weighted by Gasteiger charge is -2.12. The van der Waals surface area contributed by atoms with E-state index in [2.05, 4.69) is 44.9 Å². The molecule has 1 aromatic carbocycles. The number of rotatable bonds is 10. The molecule has 0 radical (unpaired) electrons. The van der Waals surface area contributed by atoms with Crippen LogP contribution in [0.4, 0.5) is 0 Å². The molecule has 0 saturated carbocycles. The number of nitrogens with zero attached hydrogens (tertiary/aromatic N) is 4. The Bertz CT molecular complexity index is 668. The van der Waals surface area contributed by atoms with E-state index in [1.54, 1.807) is 0 Å². The second-order valence-corrected chi connectivity index (χ2v) is 6.13. The van der Waals surface area contributed by atoms with Crippen LogP contribution >= 0.6 is 0 Å². The highest BCUT2D eigenvalue weighted by Crippen LogP contribution is 2.00. The SMILES string of the molecule is CCCCNC(=NCc1nnc(C)n1C)NCCOCc1ccccc1. The molecule has 0 atom stereocenters. The first-order chi connectivity index (χ1) is 12.7. The van der Waals surface area contributed by atoms with Crippen LogP contribution in [-0.4, -0.2) is 40.4 Å². The maximum atomic E-state index is 5.71. The molecule has 1 aromatic heterocycles.